The van der Waals surface area contributed by atoms with Gasteiger partial charge in [-0.05, 0) is 25.3 Å². The van der Waals surface area contributed by atoms with Crippen LogP contribution in [0.15, 0.2) is 23.5 Å². The van der Waals surface area contributed by atoms with Crippen molar-refractivity contribution in [2.75, 3.05) is 13.6 Å². The smallest absolute Gasteiger partial charge is 0.191 e. The molecular formula is C11H19N5. The Balaban J connectivity index is 1.67. The van der Waals surface area contributed by atoms with E-state index in [4.69, 9.17) is 5.73 Å². The molecule has 0 unspecified atom stereocenters. The number of nitrogens with two attached hydrogens (primary N) is 1. The van der Waals surface area contributed by atoms with E-state index in [0.29, 0.717) is 12.0 Å². The summed E-state index contributed by atoms with van der Waals surface area (Å²) in [5.41, 5.74) is 5.87. The molecule has 1 saturated carbocycles. The second kappa shape index (κ2) is 5.01. The Kier molecular flexibility index (Phi) is 3.44. The molecule has 0 atom stereocenters. The molecule has 0 bridgehead atoms. The van der Waals surface area contributed by atoms with E-state index in [-0.39, 0.29) is 0 Å². The van der Waals surface area contributed by atoms with Crippen molar-refractivity contribution >= 4 is 5.96 Å². The summed E-state index contributed by atoms with van der Waals surface area (Å²) in [6.45, 7) is 1.67. The Bertz CT molecular complexity index is 339. The average Bonchev–Trinajstić information content (AvgIpc) is 3.01. The zero-order chi connectivity index (χ0) is 11.4. The summed E-state index contributed by atoms with van der Waals surface area (Å²) in [4.78, 5) is 6.44. The van der Waals surface area contributed by atoms with Crippen LogP contribution < -0.4 is 5.73 Å². The first-order valence-corrected chi connectivity index (χ1v) is 5.77. The van der Waals surface area contributed by atoms with Crippen molar-refractivity contribution in [1.29, 1.82) is 0 Å². The molecule has 1 aromatic heterocycles. The van der Waals surface area contributed by atoms with E-state index in [2.05, 4.69) is 15.0 Å². The van der Waals surface area contributed by atoms with Crippen molar-refractivity contribution in [3.8, 4) is 0 Å². The van der Waals surface area contributed by atoms with Gasteiger partial charge >= 0.3 is 0 Å². The molecule has 0 saturated heterocycles. The first-order valence-electron chi connectivity index (χ1n) is 5.77. The lowest BCUT2D eigenvalue weighted by atomic mass is 10.4. The van der Waals surface area contributed by atoms with E-state index in [1.54, 1.807) is 6.20 Å². The average molecular weight is 221 g/mol. The summed E-state index contributed by atoms with van der Waals surface area (Å²) in [6.07, 6.45) is 7.22. The highest BCUT2D eigenvalue weighted by molar-refractivity contribution is 5.78. The molecule has 0 aromatic carbocycles. The molecular weight excluding hydrogens is 202 g/mol. The van der Waals surface area contributed by atoms with Gasteiger partial charge in [0.15, 0.2) is 5.96 Å². The minimum absolute atomic E-state index is 0.634. The molecule has 2 rings (SSSR count). The highest BCUT2D eigenvalue weighted by atomic mass is 15.3. The Morgan fingerprint density at radius 2 is 2.44 bits per heavy atom. The van der Waals surface area contributed by atoms with Gasteiger partial charge in [0.2, 0.25) is 0 Å². The SMILES string of the molecule is CN(C(N)=NCCCn1cccn1)C1CC1. The highest BCUT2D eigenvalue weighted by Gasteiger charge is 2.27. The predicted molar refractivity (Wildman–Crippen MR) is 64.1 cm³/mol. The van der Waals surface area contributed by atoms with Gasteiger partial charge in [-0.15, -0.1) is 0 Å². The predicted octanol–water partition coefficient (Wildman–Crippen LogP) is 0.682. The van der Waals surface area contributed by atoms with Crippen LogP contribution in [0.25, 0.3) is 0 Å². The van der Waals surface area contributed by atoms with Crippen LogP contribution in [0.1, 0.15) is 19.3 Å². The van der Waals surface area contributed by atoms with Crippen LogP contribution in [0.3, 0.4) is 0 Å². The summed E-state index contributed by atoms with van der Waals surface area (Å²) >= 11 is 0. The lowest BCUT2D eigenvalue weighted by Gasteiger charge is -2.16. The van der Waals surface area contributed by atoms with Gasteiger partial charge in [-0.25, -0.2) is 0 Å². The number of hydrogen-bond donors (Lipinski definition) is 1. The van der Waals surface area contributed by atoms with Gasteiger partial charge < -0.3 is 10.6 Å². The maximum Gasteiger partial charge on any atom is 0.191 e. The van der Waals surface area contributed by atoms with Crippen molar-refractivity contribution < 1.29 is 0 Å². The lowest BCUT2D eigenvalue weighted by Crippen LogP contribution is -2.35. The molecule has 0 aliphatic heterocycles. The molecule has 1 aromatic rings. The van der Waals surface area contributed by atoms with Crippen LogP contribution in [0, 0.1) is 0 Å². The molecule has 1 aliphatic carbocycles. The van der Waals surface area contributed by atoms with E-state index in [9.17, 15) is 0 Å². The van der Waals surface area contributed by atoms with Gasteiger partial charge in [0.1, 0.15) is 0 Å². The third kappa shape index (κ3) is 2.98. The minimum atomic E-state index is 0.634. The summed E-state index contributed by atoms with van der Waals surface area (Å²) < 4.78 is 1.91. The van der Waals surface area contributed by atoms with Gasteiger partial charge in [-0.3, -0.25) is 9.67 Å². The maximum atomic E-state index is 5.87. The molecule has 0 amide bonds. The first kappa shape index (κ1) is 11.0. The van der Waals surface area contributed by atoms with Crippen molar-refractivity contribution in [3.63, 3.8) is 0 Å². The second-order valence-electron chi connectivity index (χ2n) is 4.20. The quantitative estimate of drug-likeness (QED) is 0.452. The monoisotopic (exact) mass is 221 g/mol. The molecule has 2 N–H and O–H groups in total. The minimum Gasteiger partial charge on any atom is -0.370 e. The molecule has 16 heavy (non-hydrogen) atoms. The molecule has 0 spiro atoms. The first-order chi connectivity index (χ1) is 7.77. The fraction of sp³-hybridized carbons (Fsp3) is 0.636. The number of rotatable bonds is 5. The Labute approximate surface area is 95.9 Å². The molecule has 1 aliphatic rings. The van der Waals surface area contributed by atoms with E-state index >= 15 is 0 Å². The molecule has 1 heterocycles. The van der Waals surface area contributed by atoms with Crippen LogP contribution in [0.2, 0.25) is 0 Å². The van der Waals surface area contributed by atoms with Crippen LogP contribution in [0.5, 0.6) is 0 Å². The maximum absolute atomic E-state index is 5.87. The number of hydrogen-bond acceptors (Lipinski definition) is 2. The topological polar surface area (TPSA) is 59.4 Å². The fourth-order valence-electron chi connectivity index (χ4n) is 1.62. The van der Waals surface area contributed by atoms with Crippen LogP contribution in [-0.2, 0) is 6.54 Å². The Hall–Kier alpha value is -1.52. The fourth-order valence-corrected chi connectivity index (χ4v) is 1.62. The van der Waals surface area contributed by atoms with Crippen molar-refractivity contribution in [2.45, 2.75) is 31.8 Å². The van der Waals surface area contributed by atoms with E-state index in [1.807, 2.05) is 24.0 Å². The zero-order valence-corrected chi connectivity index (χ0v) is 9.71. The molecule has 1 fully saturated rings. The Morgan fingerprint density at radius 1 is 1.62 bits per heavy atom. The summed E-state index contributed by atoms with van der Waals surface area (Å²) in [6, 6.07) is 2.56. The lowest BCUT2D eigenvalue weighted by molar-refractivity contribution is 0.485. The molecule has 5 nitrogen and oxygen atoms in total. The number of aromatic nitrogens is 2. The van der Waals surface area contributed by atoms with Gasteiger partial charge in [0.05, 0.1) is 0 Å². The highest BCUT2D eigenvalue weighted by Crippen LogP contribution is 2.24. The normalized spacial score (nSPS) is 16.4. The van der Waals surface area contributed by atoms with Crippen LogP contribution >= 0.6 is 0 Å². The van der Waals surface area contributed by atoms with Gasteiger partial charge in [0.25, 0.3) is 0 Å². The van der Waals surface area contributed by atoms with E-state index in [0.717, 1.165) is 19.5 Å². The van der Waals surface area contributed by atoms with Gasteiger partial charge in [-0.2, -0.15) is 5.10 Å². The number of nitrogens with zero attached hydrogens (tertiary/aromatic N) is 4. The van der Waals surface area contributed by atoms with Crippen molar-refractivity contribution in [1.82, 2.24) is 14.7 Å². The van der Waals surface area contributed by atoms with E-state index < -0.39 is 0 Å². The Morgan fingerprint density at radius 3 is 3.06 bits per heavy atom. The number of aryl methyl sites for hydroxylation is 1. The van der Waals surface area contributed by atoms with E-state index in [1.165, 1.54) is 12.8 Å². The summed E-state index contributed by atoms with van der Waals surface area (Å²) in [5, 5.41) is 4.13. The standard InChI is InChI=1S/C11H19N5/c1-15(10-4-5-10)11(12)13-6-2-8-16-9-3-7-14-16/h3,7,9-10H,2,4-6,8H2,1H3,(H2,12,13). The van der Waals surface area contributed by atoms with Crippen molar-refractivity contribution in [3.05, 3.63) is 18.5 Å². The molecule has 88 valence electrons. The van der Waals surface area contributed by atoms with Gasteiger partial charge in [0, 0.05) is 38.6 Å². The van der Waals surface area contributed by atoms with Gasteiger partial charge in [-0.1, -0.05) is 0 Å². The third-order valence-corrected chi connectivity index (χ3v) is 2.83. The zero-order valence-electron chi connectivity index (χ0n) is 9.71. The summed E-state index contributed by atoms with van der Waals surface area (Å²) in [7, 11) is 2.02. The number of guanidine groups is 1. The molecule has 5 heteroatoms. The third-order valence-electron chi connectivity index (χ3n) is 2.83. The van der Waals surface area contributed by atoms with Crippen molar-refractivity contribution in [2.24, 2.45) is 10.7 Å². The molecule has 0 radical (unpaired) electrons. The van der Waals surface area contributed by atoms with Crippen LogP contribution in [-0.4, -0.2) is 40.3 Å². The summed E-state index contributed by atoms with van der Waals surface area (Å²) in [5.74, 6) is 0.669. The second-order valence-corrected chi connectivity index (χ2v) is 4.20. The largest absolute Gasteiger partial charge is 0.370 e. The van der Waals surface area contributed by atoms with Crippen LogP contribution in [0.4, 0.5) is 0 Å². The number of aliphatic imine (C=N–C) groups is 1.